The average Bonchev–Trinajstić information content (AvgIpc) is 2.67. The van der Waals surface area contributed by atoms with E-state index in [-0.39, 0.29) is 36.0 Å². The smallest absolute Gasteiger partial charge is 0.387 e. The van der Waals surface area contributed by atoms with Gasteiger partial charge in [-0.3, -0.25) is 9.59 Å². The Morgan fingerprint density at radius 2 is 1.93 bits per heavy atom. The number of primary amides is 1. The molecule has 10 heteroatoms. The standard InChI is InChI=1S/C19H20ClF2N3O4/c1-28-15-5-3-2-4-14(15)25(9-8-17(23)26)18(27)11-24-13-7-6-12(20)10-16(13)29-19(21)22/h2-7,10,19,24H,8-9,11H2,1H3,(H2,23,26). The molecule has 7 nitrogen and oxygen atoms in total. The third-order valence-corrected chi connectivity index (χ3v) is 4.08. The Balaban J connectivity index is 2.21. The van der Waals surface area contributed by atoms with Crippen molar-refractivity contribution in [1.82, 2.24) is 0 Å². The lowest BCUT2D eigenvalue weighted by Gasteiger charge is -2.25. The maximum Gasteiger partial charge on any atom is 0.387 e. The van der Waals surface area contributed by atoms with Gasteiger partial charge in [0.15, 0.2) is 5.75 Å². The molecule has 0 aliphatic carbocycles. The van der Waals surface area contributed by atoms with Crippen LogP contribution in [0.3, 0.4) is 0 Å². The lowest BCUT2D eigenvalue weighted by atomic mass is 10.2. The fourth-order valence-corrected chi connectivity index (χ4v) is 2.72. The quantitative estimate of drug-likeness (QED) is 0.607. The number of hydrogen-bond acceptors (Lipinski definition) is 5. The van der Waals surface area contributed by atoms with Gasteiger partial charge in [0, 0.05) is 24.1 Å². The molecule has 0 saturated carbocycles. The number of nitrogens with one attached hydrogen (secondary N) is 1. The van der Waals surface area contributed by atoms with Crippen LogP contribution >= 0.6 is 11.6 Å². The molecule has 29 heavy (non-hydrogen) atoms. The van der Waals surface area contributed by atoms with Crippen molar-refractivity contribution < 1.29 is 27.8 Å². The predicted molar refractivity (Wildman–Crippen MR) is 106 cm³/mol. The number of alkyl halides is 2. The van der Waals surface area contributed by atoms with Crippen LogP contribution in [0, 0.1) is 0 Å². The fraction of sp³-hybridized carbons (Fsp3) is 0.263. The number of nitrogens with zero attached hydrogens (tertiary/aromatic N) is 1. The number of anilines is 2. The third kappa shape index (κ3) is 6.49. The highest BCUT2D eigenvalue weighted by molar-refractivity contribution is 6.30. The number of rotatable bonds is 10. The summed E-state index contributed by atoms with van der Waals surface area (Å²) >= 11 is 5.81. The Morgan fingerprint density at radius 1 is 1.21 bits per heavy atom. The first-order valence-electron chi connectivity index (χ1n) is 8.51. The maximum absolute atomic E-state index is 12.8. The zero-order chi connectivity index (χ0) is 21.4. The minimum Gasteiger partial charge on any atom is -0.495 e. The highest BCUT2D eigenvalue weighted by atomic mass is 35.5. The van der Waals surface area contributed by atoms with Crippen LogP contribution in [0.1, 0.15) is 6.42 Å². The molecular formula is C19H20ClF2N3O4. The lowest BCUT2D eigenvalue weighted by molar-refractivity contribution is -0.118. The van der Waals surface area contributed by atoms with Crippen LogP contribution in [0.2, 0.25) is 5.02 Å². The fourth-order valence-electron chi connectivity index (χ4n) is 2.56. The van der Waals surface area contributed by atoms with E-state index in [1.165, 1.54) is 30.2 Å². The van der Waals surface area contributed by atoms with Gasteiger partial charge in [-0.15, -0.1) is 0 Å². The predicted octanol–water partition coefficient (Wildman–Crippen LogP) is 3.27. The summed E-state index contributed by atoms with van der Waals surface area (Å²) in [6.07, 6.45) is -0.0650. The molecule has 0 fully saturated rings. The maximum atomic E-state index is 12.8. The van der Waals surface area contributed by atoms with E-state index in [4.69, 9.17) is 22.1 Å². The van der Waals surface area contributed by atoms with E-state index in [1.807, 2.05) is 0 Å². The van der Waals surface area contributed by atoms with Gasteiger partial charge in [-0.2, -0.15) is 8.78 Å². The van der Waals surface area contributed by atoms with Crippen molar-refractivity contribution in [3.05, 3.63) is 47.5 Å². The van der Waals surface area contributed by atoms with Gasteiger partial charge in [-0.1, -0.05) is 23.7 Å². The molecule has 0 radical (unpaired) electrons. The summed E-state index contributed by atoms with van der Waals surface area (Å²) < 4.78 is 34.9. The highest BCUT2D eigenvalue weighted by Gasteiger charge is 2.20. The van der Waals surface area contributed by atoms with E-state index < -0.39 is 18.4 Å². The van der Waals surface area contributed by atoms with Crippen molar-refractivity contribution in [2.24, 2.45) is 5.73 Å². The summed E-state index contributed by atoms with van der Waals surface area (Å²) in [6, 6.07) is 10.9. The number of hydrogen-bond donors (Lipinski definition) is 2. The van der Waals surface area contributed by atoms with Crippen molar-refractivity contribution >= 4 is 34.8 Å². The Labute approximate surface area is 171 Å². The number of para-hydroxylation sites is 2. The van der Waals surface area contributed by atoms with Gasteiger partial charge in [-0.25, -0.2) is 0 Å². The molecule has 2 aromatic rings. The molecule has 0 saturated heterocycles. The third-order valence-electron chi connectivity index (χ3n) is 3.85. The summed E-state index contributed by atoms with van der Waals surface area (Å²) in [5.74, 6) is -0.774. The number of halogens is 3. The van der Waals surface area contributed by atoms with Crippen LogP contribution in [0.4, 0.5) is 20.2 Å². The number of carbonyl (C=O) groups is 2. The summed E-state index contributed by atoms with van der Waals surface area (Å²) in [5.41, 5.74) is 5.82. The molecule has 2 amide bonds. The summed E-state index contributed by atoms with van der Waals surface area (Å²) in [5, 5.41) is 2.96. The Morgan fingerprint density at radius 3 is 2.59 bits per heavy atom. The minimum absolute atomic E-state index is 0.0250. The molecule has 156 valence electrons. The molecule has 2 aromatic carbocycles. The van der Waals surface area contributed by atoms with Crippen molar-refractivity contribution in [2.45, 2.75) is 13.0 Å². The summed E-state index contributed by atoms with van der Waals surface area (Å²) in [7, 11) is 1.45. The van der Waals surface area contributed by atoms with Gasteiger partial charge < -0.3 is 25.4 Å². The van der Waals surface area contributed by atoms with E-state index in [0.717, 1.165) is 0 Å². The van der Waals surface area contributed by atoms with E-state index in [2.05, 4.69) is 10.1 Å². The topological polar surface area (TPSA) is 93.9 Å². The van der Waals surface area contributed by atoms with Crippen LogP contribution in [-0.2, 0) is 9.59 Å². The highest BCUT2D eigenvalue weighted by Crippen LogP contribution is 2.30. The number of methoxy groups -OCH3 is 1. The zero-order valence-electron chi connectivity index (χ0n) is 15.5. The van der Waals surface area contributed by atoms with Crippen LogP contribution in [0.5, 0.6) is 11.5 Å². The monoisotopic (exact) mass is 427 g/mol. The van der Waals surface area contributed by atoms with Crippen molar-refractivity contribution in [3.8, 4) is 11.5 Å². The van der Waals surface area contributed by atoms with E-state index in [1.54, 1.807) is 24.3 Å². The largest absolute Gasteiger partial charge is 0.495 e. The first-order chi connectivity index (χ1) is 13.8. The number of ether oxygens (including phenoxy) is 2. The molecular weight excluding hydrogens is 408 g/mol. The van der Waals surface area contributed by atoms with Gasteiger partial charge in [0.25, 0.3) is 0 Å². The van der Waals surface area contributed by atoms with E-state index in [0.29, 0.717) is 11.4 Å². The van der Waals surface area contributed by atoms with Gasteiger partial charge in [0.05, 0.1) is 25.0 Å². The number of amides is 2. The van der Waals surface area contributed by atoms with Crippen LogP contribution < -0.4 is 25.4 Å². The van der Waals surface area contributed by atoms with Gasteiger partial charge in [-0.05, 0) is 24.3 Å². The molecule has 0 aliphatic rings. The van der Waals surface area contributed by atoms with Crippen molar-refractivity contribution in [2.75, 3.05) is 30.4 Å². The van der Waals surface area contributed by atoms with Crippen molar-refractivity contribution in [1.29, 1.82) is 0 Å². The van der Waals surface area contributed by atoms with Crippen LogP contribution in [0.15, 0.2) is 42.5 Å². The molecule has 0 spiro atoms. The summed E-state index contributed by atoms with van der Waals surface area (Å²) in [6.45, 7) is -3.29. The van der Waals surface area contributed by atoms with Crippen LogP contribution in [0.25, 0.3) is 0 Å². The molecule has 0 aromatic heterocycles. The van der Waals surface area contributed by atoms with E-state index in [9.17, 15) is 18.4 Å². The Kier molecular flexibility index (Phi) is 8.02. The average molecular weight is 428 g/mol. The zero-order valence-corrected chi connectivity index (χ0v) is 16.3. The SMILES string of the molecule is COc1ccccc1N(CCC(N)=O)C(=O)CNc1ccc(Cl)cc1OC(F)F. The van der Waals surface area contributed by atoms with Crippen LogP contribution in [-0.4, -0.2) is 38.6 Å². The Bertz CT molecular complexity index is 867. The molecule has 0 unspecified atom stereocenters. The second-order valence-electron chi connectivity index (χ2n) is 5.81. The first-order valence-corrected chi connectivity index (χ1v) is 8.89. The second-order valence-corrected chi connectivity index (χ2v) is 6.24. The van der Waals surface area contributed by atoms with Gasteiger partial charge in [0.1, 0.15) is 5.75 Å². The minimum atomic E-state index is -3.05. The molecule has 3 N–H and O–H groups in total. The molecule has 0 heterocycles. The Hall–Kier alpha value is -3.07. The van der Waals surface area contributed by atoms with Gasteiger partial charge in [0.2, 0.25) is 11.8 Å². The second kappa shape index (κ2) is 10.5. The van der Waals surface area contributed by atoms with Crippen molar-refractivity contribution in [3.63, 3.8) is 0 Å². The molecule has 0 atom stereocenters. The lowest BCUT2D eigenvalue weighted by Crippen LogP contribution is -2.38. The first kappa shape index (κ1) is 22.2. The molecule has 0 aliphatic heterocycles. The summed E-state index contributed by atoms with van der Waals surface area (Å²) in [4.78, 5) is 25.4. The number of benzene rings is 2. The normalized spacial score (nSPS) is 10.5. The number of nitrogens with two attached hydrogens (primary N) is 1. The van der Waals surface area contributed by atoms with Gasteiger partial charge >= 0.3 is 6.61 Å². The molecule has 0 bridgehead atoms. The molecule has 2 rings (SSSR count). The van der Waals surface area contributed by atoms with E-state index >= 15 is 0 Å². The number of carbonyl (C=O) groups excluding carboxylic acids is 2.